The highest BCUT2D eigenvalue weighted by Crippen LogP contribution is 2.33. The molecule has 2 nitrogen and oxygen atoms in total. The number of hydrogen-bond acceptors (Lipinski definition) is 3. The summed E-state index contributed by atoms with van der Waals surface area (Å²) in [6.07, 6.45) is 0. The van der Waals surface area contributed by atoms with Gasteiger partial charge in [0.2, 0.25) is 0 Å². The van der Waals surface area contributed by atoms with Crippen LogP contribution >= 0.6 is 27.3 Å². The Labute approximate surface area is 114 Å². The molecule has 1 heterocycles. The molecule has 0 aliphatic heterocycles. The molecule has 0 aliphatic rings. The van der Waals surface area contributed by atoms with E-state index in [-0.39, 0.29) is 6.04 Å². The normalized spacial score (nSPS) is 12.4. The molecule has 2 aromatic rings. The minimum absolute atomic E-state index is 0.218. The van der Waals surface area contributed by atoms with Crippen LogP contribution in [0.1, 0.15) is 16.5 Å². The standard InChI is InChI=1S/C13H14BrNOS/c1-15-12(13-11(14)7-8-17-13)9-3-5-10(16-2)6-4-9/h3-8,12,15H,1-2H3. The van der Waals surface area contributed by atoms with E-state index in [0.29, 0.717) is 0 Å². The summed E-state index contributed by atoms with van der Waals surface area (Å²) in [5, 5.41) is 5.43. The lowest BCUT2D eigenvalue weighted by atomic mass is 10.1. The van der Waals surface area contributed by atoms with E-state index in [0.717, 1.165) is 10.2 Å². The van der Waals surface area contributed by atoms with Crippen molar-refractivity contribution in [1.82, 2.24) is 5.32 Å². The zero-order valence-corrected chi connectivity index (χ0v) is 12.1. The maximum absolute atomic E-state index is 5.17. The quantitative estimate of drug-likeness (QED) is 0.926. The number of rotatable bonds is 4. The minimum atomic E-state index is 0.218. The van der Waals surface area contributed by atoms with Crippen LogP contribution in [0.5, 0.6) is 5.75 Å². The third kappa shape index (κ3) is 2.70. The van der Waals surface area contributed by atoms with Crippen LogP contribution in [0.2, 0.25) is 0 Å². The van der Waals surface area contributed by atoms with Crippen LogP contribution in [-0.2, 0) is 0 Å². The molecule has 0 amide bonds. The van der Waals surface area contributed by atoms with E-state index in [1.54, 1.807) is 18.4 Å². The smallest absolute Gasteiger partial charge is 0.118 e. The Kier molecular flexibility index (Phi) is 4.20. The second kappa shape index (κ2) is 5.67. The molecule has 0 saturated carbocycles. The minimum Gasteiger partial charge on any atom is -0.497 e. The van der Waals surface area contributed by atoms with Crippen LogP contribution in [-0.4, -0.2) is 14.2 Å². The largest absolute Gasteiger partial charge is 0.497 e. The van der Waals surface area contributed by atoms with Gasteiger partial charge >= 0.3 is 0 Å². The molecule has 1 aromatic carbocycles. The lowest BCUT2D eigenvalue weighted by molar-refractivity contribution is 0.414. The van der Waals surface area contributed by atoms with Crippen molar-refractivity contribution in [3.05, 3.63) is 50.6 Å². The molecule has 17 heavy (non-hydrogen) atoms. The first-order valence-electron chi connectivity index (χ1n) is 5.30. The van der Waals surface area contributed by atoms with Gasteiger partial charge in [-0.25, -0.2) is 0 Å². The Morgan fingerprint density at radius 2 is 1.94 bits per heavy atom. The monoisotopic (exact) mass is 311 g/mol. The lowest BCUT2D eigenvalue weighted by Gasteiger charge is -2.16. The van der Waals surface area contributed by atoms with Gasteiger partial charge < -0.3 is 10.1 Å². The Bertz CT molecular complexity index is 480. The summed E-state index contributed by atoms with van der Waals surface area (Å²) in [5.41, 5.74) is 1.23. The summed E-state index contributed by atoms with van der Waals surface area (Å²) in [4.78, 5) is 1.29. The molecule has 1 atom stereocenters. The van der Waals surface area contributed by atoms with Crippen molar-refractivity contribution in [2.75, 3.05) is 14.2 Å². The number of halogens is 1. The van der Waals surface area contributed by atoms with Crippen molar-refractivity contribution in [2.45, 2.75) is 6.04 Å². The maximum Gasteiger partial charge on any atom is 0.118 e. The van der Waals surface area contributed by atoms with Crippen LogP contribution in [0.15, 0.2) is 40.2 Å². The van der Waals surface area contributed by atoms with Gasteiger partial charge in [-0.1, -0.05) is 12.1 Å². The van der Waals surface area contributed by atoms with E-state index in [1.165, 1.54) is 10.4 Å². The van der Waals surface area contributed by atoms with Gasteiger partial charge in [0.25, 0.3) is 0 Å². The third-order valence-corrected chi connectivity index (χ3v) is 4.58. The van der Waals surface area contributed by atoms with Crippen molar-refractivity contribution in [1.29, 1.82) is 0 Å². The summed E-state index contributed by atoms with van der Waals surface area (Å²) in [5.74, 6) is 0.883. The van der Waals surface area contributed by atoms with Crippen LogP contribution in [0.4, 0.5) is 0 Å². The van der Waals surface area contributed by atoms with Crippen molar-refractivity contribution < 1.29 is 4.74 Å². The molecule has 0 fully saturated rings. The fraction of sp³-hybridized carbons (Fsp3) is 0.231. The average molecular weight is 312 g/mol. The van der Waals surface area contributed by atoms with E-state index in [9.17, 15) is 0 Å². The van der Waals surface area contributed by atoms with Gasteiger partial charge in [0.1, 0.15) is 5.75 Å². The average Bonchev–Trinajstić information content (AvgIpc) is 2.78. The van der Waals surface area contributed by atoms with Crippen molar-refractivity contribution >= 4 is 27.3 Å². The second-order valence-corrected chi connectivity index (χ2v) is 5.43. The zero-order valence-electron chi connectivity index (χ0n) is 9.74. The number of ether oxygens (including phenoxy) is 1. The molecule has 0 aliphatic carbocycles. The number of nitrogens with one attached hydrogen (secondary N) is 1. The van der Waals surface area contributed by atoms with E-state index < -0.39 is 0 Å². The molecule has 0 bridgehead atoms. The highest BCUT2D eigenvalue weighted by atomic mass is 79.9. The van der Waals surface area contributed by atoms with Gasteiger partial charge in [-0.15, -0.1) is 11.3 Å². The van der Waals surface area contributed by atoms with Gasteiger partial charge in [0, 0.05) is 9.35 Å². The van der Waals surface area contributed by atoms with E-state index in [2.05, 4.69) is 44.8 Å². The number of benzene rings is 1. The Morgan fingerprint density at radius 3 is 2.41 bits per heavy atom. The van der Waals surface area contributed by atoms with Gasteiger partial charge in [-0.3, -0.25) is 0 Å². The van der Waals surface area contributed by atoms with Gasteiger partial charge in [0.05, 0.1) is 13.2 Å². The summed E-state index contributed by atoms with van der Waals surface area (Å²) in [6.45, 7) is 0. The number of thiophene rings is 1. The number of hydrogen-bond donors (Lipinski definition) is 1. The molecule has 1 N–H and O–H groups in total. The van der Waals surface area contributed by atoms with Gasteiger partial charge in [-0.2, -0.15) is 0 Å². The molecule has 0 radical (unpaired) electrons. The first-order chi connectivity index (χ1) is 8.26. The molecule has 1 aromatic heterocycles. The first-order valence-corrected chi connectivity index (χ1v) is 6.97. The first kappa shape index (κ1) is 12.6. The summed E-state index contributed by atoms with van der Waals surface area (Å²) in [6, 6.07) is 10.4. The van der Waals surface area contributed by atoms with Crippen molar-refractivity contribution in [3.63, 3.8) is 0 Å². The number of methoxy groups -OCH3 is 1. The van der Waals surface area contributed by atoms with E-state index >= 15 is 0 Å². The predicted molar refractivity (Wildman–Crippen MR) is 75.9 cm³/mol. The van der Waals surface area contributed by atoms with Crippen LogP contribution in [0.25, 0.3) is 0 Å². The molecule has 4 heteroatoms. The van der Waals surface area contributed by atoms with Crippen molar-refractivity contribution in [3.8, 4) is 5.75 Å². The Balaban J connectivity index is 2.32. The molecule has 0 saturated heterocycles. The Morgan fingerprint density at radius 1 is 1.24 bits per heavy atom. The summed E-state index contributed by atoms with van der Waals surface area (Å²) < 4.78 is 6.32. The third-order valence-electron chi connectivity index (χ3n) is 2.64. The van der Waals surface area contributed by atoms with E-state index in [1.807, 2.05) is 19.2 Å². The van der Waals surface area contributed by atoms with Gasteiger partial charge in [-0.05, 0) is 52.1 Å². The molecular weight excluding hydrogens is 298 g/mol. The fourth-order valence-electron chi connectivity index (χ4n) is 1.76. The fourth-order valence-corrected chi connectivity index (χ4v) is 3.49. The molecule has 1 unspecified atom stereocenters. The zero-order chi connectivity index (χ0) is 12.3. The topological polar surface area (TPSA) is 21.3 Å². The SMILES string of the molecule is CNC(c1ccc(OC)cc1)c1sccc1Br. The highest BCUT2D eigenvalue weighted by Gasteiger charge is 2.16. The maximum atomic E-state index is 5.17. The Hall–Kier alpha value is -0.840. The van der Waals surface area contributed by atoms with Crippen LogP contribution in [0, 0.1) is 0 Å². The predicted octanol–water partition coefficient (Wildman–Crippen LogP) is 3.83. The van der Waals surface area contributed by atoms with Crippen LogP contribution < -0.4 is 10.1 Å². The molecule has 2 rings (SSSR count). The molecular formula is C13H14BrNOS. The highest BCUT2D eigenvalue weighted by molar-refractivity contribution is 9.10. The van der Waals surface area contributed by atoms with Crippen molar-refractivity contribution in [2.24, 2.45) is 0 Å². The second-order valence-electron chi connectivity index (χ2n) is 3.63. The summed E-state index contributed by atoms with van der Waals surface area (Å²) in [7, 11) is 3.65. The lowest BCUT2D eigenvalue weighted by Crippen LogP contribution is -2.16. The molecule has 90 valence electrons. The van der Waals surface area contributed by atoms with E-state index in [4.69, 9.17) is 4.74 Å². The van der Waals surface area contributed by atoms with Crippen LogP contribution in [0.3, 0.4) is 0 Å². The molecule has 0 spiro atoms. The summed E-state index contributed by atoms with van der Waals surface area (Å²) >= 11 is 5.33. The van der Waals surface area contributed by atoms with Gasteiger partial charge in [0.15, 0.2) is 0 Å².